The van der Waals surface area contributed by atoms with E-state index in [4.69, 9.17) is 4.74 Å². The Morgan fingerprint density at radius 3 is 2.59 bits per heavy atom. The third-order valence-electron chi connectivity index (χ3n) is 1.98. The molecule has 0 aromatic heterocycles. The van der Waals surface area contributed by atoms with E-state index in [1.807, 2.05) is 30.3 Å². The maximum absolute atomic E-state index is 11.3. The highest BCUT2D eigenvalue weighted by atomic mass is 16.5. The first-order chi connectivity index (χ1) is 8.22. The molecule has 0 heterocycles. The van der Waals surface area contributed by atoms with E-state index < -0.39 is 5.97 Å². The van der Waals surface area contributed by atoms with Gasteiger partial charge in [-0.1, -0.05) is 36.4 Å². The quantitative estimate of drug-likeness (QED) is 0.576. The monoisotopic (exact) mass is 234 g/mol. The molecule has 4 heteroatoms. The summed E-state index contributed by atoms with van der Waals surface area (Å²) >= 11 is 0. The second kappa shape index (κ2) is 7.22. The lowest BCUT2D eigenvalue weighted by molar-refractivity contribution is -0.143. The molecule has 0 saturated carbocycles. The molecule has 0 aliphatic rings. The molecule has 0 bridgehead atoms. The van der Waals surface area contributed by atoms with Crippen LogP contribution in [0.15, 0.2) is 42.5 Å². The minimum Gasteiger partial charge on any atom is -0.466 e. The fourth-order valence-corrected chi connectivity index (χ4v) is 1.12. The van der Waals surface area contributed by atoms with Gasteiger partial charge in [0.25, 0.3) is 0 Å². The van der Waals surface area contributed by atoms with Gasteiger partial charge in [0, 0.05) is 6.08 Å². The lowest BCUT2D eigenvalue weighted by atomic mass is 10.2. The molecule has 0 radical (unpaired) electrons. The van der Waals surface area contributed by atoms with Crippen molar-refractivity contribution < 1.29 is 19.1 Å². The minimum atomic E-state index is -0.485. The van der Waals surface area contributed by atoms with Gasteiger partial charge in [0.15, 0.2) is 0 Å². The fraction of sp³-hybridized carbons (Fsp3) is 0.231. The molecule has 1 aromatic rings. The number of hydrogen-bond acceptors (Lipinski definition) is 4. The van der Waals surface area contributed by atoms with Gasteiger partial charge in [-0.2, -0.15) is 0 Å². The Morgan fingerprint density at radius 1 is 1.24 bits per heavy atom. The van der Waals surface area contributed by atoms with E-state index in [-0.39, 0.29) is 19.0 Å². The highest BCUT2D eigenvalue weighted by molar-refractivity contribution is 5.83. The lowest BCUT2D eigenvalue weighted by Crippen LogP contribution is -2.03. The molecule has 17 heavy (non-hydrogen) atoms. The van der Waals surface area contributed by atoms with Gasteiger partial charge in [0.2, 0.25) is 0 Å². The van der Waals surface area contributed by atoms with Gasteiger partial charge in [-0.05, 0) is 5.56 Å². The summed E-state index contributed by atoms with van der Waals surface area (Å²) in [5.74, 6) is -0.866. The van der Waals surface area contributed by atoms with Crippen LogP contribution >= 0.6 is 0 Å². The van der Waals surface area contributed by atoms with Crippen molar-refractivity contribution in [2.24, 2.45) is 0 Å². The Kier molecular flexibility index (Phi) is 5.51. The topological polar surface area (TPSA) is 52.6 Å². The summed E-state index contributed by atoms with van der Waals surface area (Å²) in [6, 6.07) is 9.39. The van der Waals surface area contributed by atoms with Gasteiger partial charge in [0.1, 0.15) is 6.61 Å². The highest BCUT2D eigenvalue weighted by Gasteiger charge is 2.01. The van der Waals surface area contributed by atoms with Crippen LogP contribution in [0.2, 0.25) is 0 Å². The fourth-order valence-electron chi connectivity index (χ4n) is 1.12. The summed E-state index contributed by atoms with van der Waals surface area (Å²) < 4.78 is 9.38. The zero-order valence-corrected chi connectivity index (χ0v) is 9.59. The van der Waals surface area contributed by atoms with Crippen LogP contribution in [0.3, 0.4) is 0 Å². The van der Waals surface area contributed by atoms with E-state index in [9.17, 15) is 9.59 Å². The summed E-state index contributed by atoms with van der Waals surface area (Å²) in [7, 11) is 1.28. The van der Waals surface area contributed by atoms with Crippen LogP contribution in [-0.2, 0) is 25.7 Å². The lowest BCUT2D eigenvalue weighted by Gasteiger charge is -2.02. The Hall–Kier alpha value is -2.10. The van der Waals surface area contributed by atoms with Crippen molar-refractivity contribution in [3.63, 3.8) is 0 Å². The number of methoxy groups -OCH3 is 1. The Labute approximate surface area is 99.8 Å². The minimum absolute atomic E-state index is 0.0575. The smallest absolute Gasteiger partial charge is 0.330 e. The normalized spacial score (nSPS) is 10.2. The number of ether oxygens (including phenoxy) is 2. The number of benzene rings is 1. The predicted molar refractivity (Wildman–Crippen MR) is 62.0 cm³/mol. The molecule has 4 nitrogen and oxygen atoms in total. The molecule has 0 fully saturated rings. The summed E-state index contributed by atoms with van der Waals surface area (Å²) in [6.45, 7) is 0.242. The predicted octanol–water partition coefficient (Wildman–Crippen LogP) is 1.85. The van der Waals surface area contributed by atoms with Crippen molar-refractivity contribution in [3.8, 4) is 0 Å². The Morgan fingerprint density at radius 2 is 1.94 bits per heavy atom. The van der Waals surface area contributed by atoms with Crippen molar-refractivity contribution in [3.05, 3.63) is 48.0 Å². The first-order valence-electron chi connectivity index (χ1n) is 5.16. The second-order valence-electron chi connectivity index (χ2n) is 3.28. The molecular formula is C13H14O4. The summed E-state index contributed by atoms with van der Waals surface area (Å²) in [6.07, 6.45) is 2.67. The molecule has 0 aliphatic heterocycles. The van der Waals surface area contributed by atoms with Crippen LogP contribution < -0.4 is 0 Å². The zero-order chi connectivity index (χ0) is 12.5. The van der Waals surface area contributed by atoms with Gasteiger partial charge in [-0.3, -0.25) is 4.79 Å². The SMILES string of the molecule is COC(=O)/C=C/CC(=O)OCc1ccccc1. The molecule has 0 unspecified atom stereocenters. The standard InChI is InChI=1S/C13H14O4/c1-16-12(14)8-5-9-13(15)17-10-11-6-3-2-4-7-11/h2-8H,9-10H2,1H3/b8-5+. The maximum atomic E-state index is 11.3. The molecule has 1 aromatic carbocycles. The number of hydrogen-bond donors (Lipinski definition) is 0. The first-order valence-corrected chi connectivity index (χ1v) is 5.16. The van der Waals surface area contributed by atoms with Gasteiger partial charge in [-0.25, -0.2) is 4.79 Å². The van der Waals surface area contributed by atoms with E-state index >= 15 is 0 Å². The van der Waals surface area contributed by atoms with Gasteiger partial charge in [-0.15, -0.1) is 0 Å². The molecule has 1 rings (SSSR count). The second-order valence-corrected chi connectivity index (χ2v) is 3.28. The van der Waals surface area contributed by atoms with E-state index in [0.717, 1.165) is 5.56 Å². The zero-order valence-electron chi connectivity index (χ0n) is 9.59. The van der Waals surface area contributed by atoms with E-state index in [0.29, 0.717) is 0 Å². The number of rotatable bonds is 5. The van der Waals surface area contributed by atoms with Crippen molar-refractivity contribution in [2.45, 2.75) is 13.0 Å². The molecule has 0 amide bonds. The van der Waals surface area contributed by atoms with Crippen molar-refractivity contribution in [1.29, 1.82) is 0 Å². The third kappa shape index (κ3) is 5.51. The van der Waals surface area contributed by atoms with Crippen molar-refractivity contribution in [1.82, 2.24) is 0 Å². The molecule has 0 atom stereocenters. The van der Waals surface area contributed by atoms with Crippen LogP contribution in [0.4, 0.5) is 0 Å². The number of carbonyl (C=O) groups is 2. The van der Waals surface area contributed by atoms with Gasteiger partial charge >= 0.3 is 11.9 Å². The Bertz CT molecular complexity index is 395. The summed E-state index contributed by atoms with van der Waals surface area (Å²) in [5, 5.41) is 0. The number of carbonyl (C=O) groups excluding carboxylic acids is 2. The first kappa shape index (κ1) is 13.0. The molecule has 90 valence electrons. The van der Waals surface area contributed by atoms with Crippen LogP contribution in [0.1, 0.15) is 12.0 Å². The third-order valence-corrected chi connectivity index (χ3v) is 1.98. The molecule has 0 spiro atoms. The number of esters is 2. The molecule has 0 N–H and O–H groups in total. The van der Waals surface area contributed by atoms with Crippen molar-refractivity contribution >= 4 is 11.9 Å². The summed E-state index contributed by atoms with van der Waals surface area (Å²) in [5.41, 5.74) is 0.929. The molecule has 0 saturated heterocycles. The maximum Gasteiger partial charge on any atom is 0.330 e. The molecular weight excluding hydrogens is 220 g/mol. The van der Waals surface area contributed by atoms with Crippen molar-refractivity contribution in [2.75, 3.05) is 7.11 Å². The van der Waals surface area contributed by atoms with Crippen LogP contribution in [0.25, 0.3) is 0 Å². The van der Waals surface area contributed by atoms with E-state index in [1.165, 1.54) is 19.3 Å². The Balaban J connectivity index is 2.26. The van der Waals surface area contributed by atoms with E-state index in [1.54, 1.807) is 0 Å². The average Bonchev–Trinajstić information content (AvgIpc) is 2.37. The summed E-state index contributed by atoms with van der Waals surface area (Å²) in [4.78, 5) is 22.0. The largest absolute Gasteiger partial charge is 0.466 e. The van der Waals surface area contributed by atoms with Crippen LogP contribution in [-0.4, -0.2) is 19.0 Å². The highest BCUT2D eigenvalue weighted by Crippen LogP contribution is 2.01. The van der Waals surface area contributed by atoms with Crippen LogP contribution in [0.5, 0.6) is 0 Å². The van der Waals surface area contributed by atoms with E-state index in [2.05, 4.69) is 4.74 Å². The van der Waals surface area contributed by atoms with Gasteiger partial charge in [0.05, 0.1) is 13.5 Å². The molecule has 0 aliphatic carbocycles. The average molecular weight is 234 g/mol. The van der Waals surface area contributed by atoms with Gasteiger partial charge < -0.3 is 9.47 Å². The van der Waals surface area contributed by atoms with Crippen LogP contribution in [0, 0.1) is 0 Å².